The van der Waals surface area contributed by atoms with E-state index in [1.165, 1.54) is 32.4 Å². The van der Waals surface area contributed by atoms with Crippen molar-refractivity contribution in [1.29, 1.82) is 0 Å². The van der Waals surface area contributed by atoms with E-state index in [4.69, 9.17) is 27.8 Å². The van der Waals surface area contributed by atoms with Gasteiger partial charge in [0.25, 0.3) is 0 Å². The second-order valence-corrected chi connectivity index (χ2v) is 7.18. The van der Waals surface area contributed by atoms with Crippen LogP contribution < -0.4 is 9.47 Å². The van der Waals surface area contributed by atoms with E-state index >= 15 is 0 Å². The van der Waals surface area contributed by atoms with E-state index in [9.17, 15) is 29.9 Å². The van der Waals surface area contributed by atoms with Crippen LogP contribution in [0.5, 0.6) is 23.0 Å². The Kier molecular flexibility index (Phi) is 8.07. The minimum atomic E-state index is -0.807. The van der Waals surface area contributed by atoms with Crippen LogP contribution in [0, 0.1) is 10.1 Å². The number of benzene rings is 2. The number of phenolic OH excluding ortho intramolecular Hbond substituents is 2. The minimum absolute atomic E-state index is 0.0373. The summed E-state index contributed by atoms with van der Waals surface area (Å²) in [7, 11) is 2.71. The van der Waals surface area contributed by atoms with E-state index in [2.05, 4.69) is 0 Å². The molecular weight excluding hydrogens is 494 g/mol. The van der Waals surface area contributed by atoms with Crippen LogP contribution >= 0.6 is 0 Å². The summed E-state index contributed by atoms with van der Waals surface area (Å²) in [4.78, 5) is 33.2. The van der Waals surface area contributed by atoms with Crippen molar-refractivity contribution < 1.29 is 52.5 Å². The molecule has 4 rings (SSSR count). The predicted octanol–water partition coefficient (Wildman–Crippen LogP) is 4.56. The highest BCUT2D eigenvalue weighted by molar-refractivity contribution is 5.98. The summed E-state index contributed by atoms with van der Waals surface area (Å²) in [6.07, 6.45) is 0. The molecule has 0 radical (unpaired) electrons. The second kappa shape index (κ2) is 11.2. The topological polar surface area (TPSA) is 181 Å². The molecule has 2 N–H and O–H groups in total. The fourth-order valence-corrected chi connectivity index (χ4v) is 3.28. The van der Waals surface area contributed by atoms with Gasteiger partial charge in [0.1, 0.15) is 5.58 Å². The number of carbonyl (C=O) groups is 2. The number of carbonyl (C=O) groups excluding carboxylic acids is 2. The van der Waals surface area contributed by atoms with Gasteiger partial charge in [-0.15, -0.1) is 0 Å². The number of hydrogen-bond acceptors (Lipinski definition) is 12. The van der Waals surface area contributed by atoms with Gasteiger partial charge < -0.3 is 38.0 Å². The Morgan fingerprint density at radius 1 is 0.865 bits per heavy atom. The Bertz CT molecular complexity index is 1470. The van der Waals surface area contributed by atoms with Crippen LogP contribution in [0.3, 0.4) is 0 Å². The third-order valence-electron chi connectivity index (χ3n) is 4.89. The van der Waals surface area contributed by atoms with Gasteiger partial charge in [-0.05, 0) is 38.1 Å². The highest BCUT2D eigenvalue weighted by Gasteiger charge is 2.28. The predicted molar refractivity (Wildman–Crippen MR) is 127 cm³/mol. The summed E-state index contributed by atoms with van der Waals surface area (Å²) >= 11 is 0. The van der Waals surface area contributed by atoms with Crippen LogP contribution in [-0.2, 0) is 9.47 Å². The number of nitrogens with zero attached hydrogens (tertiary/aromatic N) is 1. The molecule has 0 fully saturated rings. The molecule has 13 nitrogen and oxygen atoms in total. The molecule has 37 heavy (non-hydrogen) atoms. The molecule has 196 valence electrons. The molecule has 0 aliphatic carbocycles. The quantitative estimate of drug-likeness (QED) is 0.198. The SMILES string of the molecule is CCOC(=O)c1cc2cc(OC)c(O)c([N+](=O)[O-])c2o1.CCOC(=O)c1cc2cc(OC)c(O)cc2o1. The Morgan fingerprint density at radius 2 is 1.41 bits per heavy atom. The van der Waals surface area contributed by atoms with Gasteiger partial charge in [0, 0.05) is 16.8 Å². The van der Waals surface area contributed by atoms with Gasteiger partial charge in [-0.1, -0.05) is 0 Å². The first-order valence-corrected chi connectivity index (χ1v) is 10.8. The number of phenols is 2. The molecule has 2 aromatic heterocycles. The van der Waals surface area contributed by atoms with Gasteiger partial charge in [0.2, 0.25) is 22.9 Å². The first kappa shape index (κ1) is 26.7. The van der Waals surface area contributed by atoms with Gasteiger partial charge >= 0.3 is 17.6 Å². The number of aromatic hydroxyl groups is 2. The first-order valence-electron chi connectivity index (χ1n) is 10.8. The van der Waals surface area contributed by atoms with Crippen molar-refractivity contribution in [3.63, 3.8) is 0 Å². The fourth-order valence-electron chi connectivity index (χ4n) is 3.28. The number of ether oxygens (including phenoxy) is 4. The van der Waals surface area contributed by atoms with Crippen LogP contribution in [0.1, 0.15) is 35.0 Å². The Labute approximate surface area is 208 Å². The van der Waals surface area contributed by atoms with Gasteiger partial charge in [0.15, 0.2) is 17.2 Å². The maximum absolute atomic E-state index is 11.6. The van der Waals surface area contributed by atoms with E-state index in [1.54, 1.807) is 26.0 Å². The number of esters is 2. The van der Waals surface area contributed by atoms with E-state index in [-0.39, 0.29) is 47.2 Å². The lowest BCUT2D eigenvalue weighted by Gasteiger charge is -2.03. The largest absolute Gasteiger partial charge is 0.504 e. The zero-order valence-corrected chi connectivity index (χ0v) is 20.2. The zero-order chi connectivity index (χ0) is 27.3. The first-order chi connectivity index (χ1) is 17.6. The monoisotopic (exact) mass is 517 g/mol. The standard InChI is InChI=1S/C12H11NO7.C12H12O5/c1-3-19-12(15)8-5-6-4-7(18-2)10(14)9(13(16)17)11(6)20-8;1-3-16-12(14)11-5-7-4-10(15-2)8(13)6-9(7)17-11/h4-5,14H,3H2,1-2H3;4-6,13H,3H2,1-2H3. The van der Waals surface area contributed by atoms with Gasteiger partial charge in [-0.2, -0.15) is 0 Å². The van der Waals surface area contributed by atoms with E-state index in [0.29, 0.717) is 16.7 Å². The maximum Gasteiger partial charge on any atom is 0.374 e. The Balaban J connectivity index is 0.000000208. The molecule has 0 atom stereocenters. The number of fused-ring (bicyclic) bond motifs is 2. The Hall–Kier alpha value is -4.94. The highest BCUT2D eigenvalue weighted by Crippen LogP contribution is 2.43. The molecule has 2 heterocycles. The van der Waals surface area contributed by atoms with Crippen LogP contribution in [0.25, 0.3) is 21.9 Å². The number of furan rings is 2. The molecule has 4 aromatic rings. The van der Waals surface area contributed by atoms with Crippen molar-refractivity contribution in [3.8, 4) is 23.0 Å². The van der Waals surface area contributed by atoms with Crippen molar-refractivity contribution in [2.75, 3.05) is 27.4 Å². The molecule has 0 amide bonds. The van der Waals surface area contributed by atoms with E-state index < -0.39 is 28.3 Å². The fraction of sp³-hybridized carbons (Fsp3) is 0.250. The minimum Gasteiger partial charge on any atom is -0.504 e. The molecule has 0 aliphatic rings. The molecule has 0 saturated heterocycles. The number of nitro groups is 1. The molecule has 0 spiro atoms. The summed E-state index contributed by atoms with van der Waals surface area (Å²) < 4.78 is 29.8. The third kappa shape index (κ3) is 5.50. The normalized spacial score (nSPS) is 10.5. The Morgan fingerprint density at radius 3 is 1.95 bits per heavy atom. The summed E-state index contributed by atoms with van der Waals surface area (Å²) in [5.41, 5.74) is -0.461. The number of nitro benzene ring substituents is 1. The number of hydrogen-bond donors (Lipinski definition) is 2. The third-order valence-corrected chi connectivity index (χ3v) is 4.89. The lowest BCUT2D eigenvalue weighted by Crippen LogP contribution is -2.02. The van der Waals surface area contributed by atoms with E-state index in [1.807, 2.05) is 0 Å². The molecule has 13 heteroatoms. The number of methoxy groups -OCH3 is 2. The summed E-state index contributed by atoms with van der Waals surface area (Å²) in [5, 5.41) is 31.3. The number of rotatable bonds is 7. The summed E-state index contributed by atoms with van der Waals surface area (Å²) in [5.74, 6) is -1.79. The van der Waals surface area contributed by atoms with Crippen molar-refractivity contribution in [2.24, 2.45) is 0 Å². The van der Waals surface area contributed by atoms with Gasteiger partial charge in [-0.3, -0.25) is 10.1 Å². The molecule has 0 saturated carbocycles. The van der Waals surface area contributed by atoms with Crippen LogP contribution in [0.2, 0.25) is 0 Å². The second-order valence-electron chi connectivity index (χ2n) is 7.18. The lowest BCUT2D eigenvalue weighted by molar-refractivity contribution is -0.384. The lowest BCUT2D eigenvalue weighted by atomic mass is 10.2. The smallest absolute Gasteiger partial charge is 0.374 e. The summed E-state index contributed by atoms with van der Waals surface area (Å²) in [6, 6.07) is 7.18. The van der Waals surface area contributed by atoms with Gasteiger partial charge in [-0.25, -0.2) is 9.59 Å². The zero-order valence-electron chi connectivity index (χ0n) is 20.2. The van der Waals surface area contributed by atoms with Crippen molar-refractivity contribution >= 4 is 39.6 Å². The van der Waals surface area contributed by atoms with E-state index in [0.717, 1.165) is 0 Å². The molecule has 0 bridgehead atoms. The molecular formula is C24H23NO12. The molecule has 0 unspecified atom stereocenters. The van der Waals surface area contributed by atoms with Crippen molar-refractivity contribution in [3.05, 3.63) is 52.0 Å². The van der Waals surface area contributed by atoms with Crippen LogP contribution in [0.4, 0.5) is 5.69 Å². The molecule has 2 aromatic carbocycles. The van der Waals surface area contributed by atoms with Crippen molar-refractivity contribution in [2.45, 2.75) is 13.8 Å². The average Bonchev–Trinajstić information content (AvgIpc) is 3.47. The van der Waals surface area contributed by atoms with Crippen molar-refractivity contribution in [1.82, 2.24) is 0 Å². The highest BCUT2D eigenvalue weighted by atomic mass is 16.6. The van der Waals surface area contributed by atoms with Crippen LogP contribution in [0.15, 0.2) is 39.2 Å². The maximum atomic E-state index is 11.6. The molecule has 0 aliphatic heterocycles. The van der Waals surface area contributed by atoms with Crippen LogP contribution in [-0.4, -0.2) is 54.5 Å². The average molecular weight is 517 g/mol. The van der Waals surface area contributed by atoms with Gasteiger partial charge in [0.05, 0.1) is 32.4 Å². The summed E-state index contributed by atoms with van der Waals surface area (Å²) in [6.45, 7) is 3.77.